The summed E-state index contributed by atoms with van der Waals surface area (Å²) in [4.78, 5) is 8.35. The van der Waals surface area contributed by atoms with Gasteiger partial charge in [-0.1, -0.05) is 18.2 Å². The molecule has 0 saturated heterocycles. The normalized spacial score (nSPS) is 10.9. The van der Waals surface area contributed by atoms with Crippen molar-refractivity contribution in [2.75, 3.05) is 7.11 Å². The Labute approximate surface area is 97.5 Å². The van der Waals surface area contributed by atoms with Gasteiger partial charge in [0.25, 0.3) is 0 Å². The summed E-state index contributed by atoms with van der Waals surface area (Å²) in [6, 6.07) is 7.62. The van der Waals surface area contributed by atoms with Crippen LogP contribution in [0.15, 0.2) is 36.7 Å². The first-order chi connectivity index (χ1) is 8.31. The molecule has 0 unspecified atom stereocenters. The maximum absolute atomic E-state index is 9.94. The van der Waals surface area contributed by atoms with Crippen molar-refractivity contribution in [2.45, 2.75) is 0 Å². The molecule has 3 rings (SSSR count). The Morgan fingerprint density at radius 3 is 2.76 bits per heavy atom. The highest BCUT2D eigenvalue weighted by molar-refractivity contribution is 6.10. The first-order valence-electron chi connectivity index (χ1n) is 5.20. The predicted molar refractivity (Wildman–Crippen MR) is 65.3 cm³/mol. The number of hydrogen-bond donors (Lipinski definition) is 1. The fourth-order valence-corrected chi connectivity index (χ4v) is 2.00. The van der Waals surface area contributed by atoms with Gasteiger partial charge in [0.1, 0.15) is 5.75 Å². The molecule has 0 fully saturated rings. The molecule has 0 saturated carbocycles. The lowest BCUT2D eigenvalue weighted by molar-refractivity contribution is 0.404. The molecule has 0 bridgehead atoms. The summed E-state index contributed by atoms with van der Waals surface area (Å²) in [6.45, 7) is 0. The van der Waals surface area contributed by atoms with Crippen molar-refractivity contribution in [2.24, 2.45) is 0 Å². The highest BCUT2D eigenvalue weighted by atomic mass is 16.5. The summed E-state index contributed by atoms with van der Waals surface area (Å²) in [5, 5.41) is 12.3. The number of fused-ring (bicyclic) bond motifs is 3. The van der Waals surface area contributed by atoms with Crippen molar-refractivity contribution in [3.8, 4) is 11.6 Å². The number of para-hydroxylation sites is 1. The van der Waals surface area contributed by atoms with E-state index in [9.17, 15) is 5.11 Å². The number of aromatic hydroxyl groups is 1. The summed E-state index contributed by atoms with van der Waals surface area (Å²) in [5.41, 5.74) is 0.790. The third-order valence-electron chi connectivity index (χ3n) is 2.75. The number of pyridine rings is 2. The van der Waals surface area contributed by atoms with Crippen LogP contribution in [0.3, 0.4) is 0 Å². The lowest BCUT2D eigenvalue weighted by Crippen LogP contribution is -1.92. The molecule has 4 heteroatoms. The van der Waals surface area contributed by atoms with E-state index in [0.29, 0.717) is 11.3 Å². The van der Waals surface area contributed by atoms with E-state index in [1.54, 1.807) is 13.3 Å². The molecule has 3 aromatic rings. The van der Waals surface area contributed by atoms with Gasteiger partial charge in [-0.05, 0) is 6.07 Å². The molecule has 1 N–H and O–H groups in total. The zero-order valence-corrected chi connectivity index (χ0v) is 9.21. The van der Waals surface area contributed by atoms with Crippen LogP contribution in [0.4, 0.5) is 0 Å². The second-order valence-electron chi connectivity index (χ2n) is 3.72. The van der Waals surface area contributed by atoms with Crippen LogP contribution in [0.25, 0.3) is 21.7 Å². The van der Waals surface area contributed by atoms with Gasteiger partial charge in [0.2, 0.25) is 5.88 Å². The maximum Gasteiger partial charge on any atom is 0.223 e. The average molecular weight is 226 g/mol. The van der Waals surface area contributed by atoms with Crippen molar-refractivity contribution in [1.29, 1.82) is 0 Å². The van der Waals surface area contributed by atoms with Gasteiger partial charge in [0.15, 0.2) is 0 Å². The first kappa shape index (κ1) is 9.84. The molecule has 0 radical (unpaired) electrons. The smallest absolute Gasteiger partial charge is 0.223 e. The summed E-state index contributed by atoms with van der Waals surface area (Å²) < 4.78 is 5.23. The van der Waals surface area contributed by atoms with E-state index >= 15 is 0 Å². The zero-order valence-electron chi connectivity index (χ0n) is 9.21. The maximum atomic E-state index is 9.94. The number of nitrogens with zero attached hydrogens (tertiary/aromatic N) is 2. The average Bonchev–Trinajstić information content (AvgIpc) is 2.38. The quantitative estimate of drug-likeness (QED) is 0.648. The predicted octanol–water partition coefficient (Wildman–Crippen LogP) is 2.50. The molecule has 0 aliphatic carbocycles. The molecule has 0 spiro atoms. The fraction of sp³-hybridized carbons (Fsp3) is 0.0769. The standard InChI is InChI=1S/C13H10N2O2/c1-17-13-9-6-14-7-11(16)12(9)8-4-2-3-5-10(8)15-13/h2-7,16H,1H3. The topological polar surface area (TPSA) is 55.2 Å². The van der Waals surface area contributed by atoms with Crippen LogP contribution in [-0.4, -0.2) is 22.2 Å². The second kappa shape index (κ2) is 3.59. The zero-order chi connectivity index (χ0) is 11.8. The lowest BCUT2D eigenvalue weighted by Gasteiger charge is -2.08. The fourth-order valence-electron chi connectivity index (χ4n) is 2.00. The van der Waals surface area contributed by atoms with E-state index in [1.165, 1.54) is 6.20 Å². The van der Waals surface area contributed by atoms with Crippen LogP contribution in [0.2, 0.25) is 0 Å². The number of benzene rings is 1. The Hall–Kier alpha value is -2.36. The van der Waals surface area contributed by atoms with Gasteiger partial charge in [0.05, 0.1) is 24.2 Å². The van der Waals surface area contributed by atoms with E-state index in [1.807, 2.05) is 24.3 Å². The molecular weight excluding hydrogens is 216 g/mol. The highest BCUT2D eigenvalue weighted by Crippen LogP contribution is 2.34. The minimum Gasteiger partial charge on any atom is -0.506 e. The van der Waals surface area contributed by atoms with E-state index in [-0.39, 0.29) is 5.75 Å². The van der Waals surface area contributed by atoms with E-state index in [4.69, 9.17) is 4.74 Å². The first-order valence-corrected chi connectivity index (χ1v) is 5.20. The Morgan fingerprint density at radius 2 is 1.94 bits per heavy atom. The SMILES string of the molecule is COc1nc2ccccc2c2c(O)cncc12. The van der Waals surface area contributed by atoms with E-state index in [2.05, 4.69) is 9.97 Å². The van der Waals surface area contributed by atoms with Gasteiger partial charge in [-0.3, -0.25) is 4.98 Å². The van der Waals surface area contributed by atoms with Crippen molar-refractivity contribution >= 4 is 21.7 Å². The molecule has 1 aromatic carbocycles. The molecule has 0 aliphatic rings. The van der Waals surface area contributed by atoms with Crippen LogP contribution < -0.4 is 4.74 Å². The number of hydrogen-bond acceptors (Lipinski definition) is 4. The summed E-state index contributed by atoms with van der Waals surface area (Å²) >= 11 is 0. The van der Waals surface area contributed by atoms with Gasteiger partial charge in [-0.15, -0.1) is 0 Å². The minimum atomic E-state index is 0.138. The van der Waals surface area contributed by atoms with Crippen LogP contribution in [0.5, 0.6) is 11.6 Å². The van der Waals surface area contributed by atoms with Crippen LogP contribution in [0.1, 0.15) is 0 Å². The van der Waals surface area contributed by atoms with Crippen LogP contribution in [0, 0.1) is 0 Å². The third kappa shape index (κ3) is 1.38. The van der Waals surface area contributed by atoms with Crippen LogP contribution in [-0.2, 0) is 0 Å². The Bertz CT molecular complexity index is 710. The van der Waals surface area contributed by atoms with Gasteiger partial charge >= 0.3 is 0 Å². The van der Waals surface area contributed by atoms with Crippen molar-refractivity contribution in [3.63, 3.8) is 0 Å². The van der Waals surface area contributed by atoms with Gasteiger partial charge in [-0.25, -0.2) is 4.98 Å². The molecule has 2 heterocycles. The summed E-state index contributed by atoms with van der Waals surface area (Å²) in [5.74, 6) is 0.613. The molecule has 4 nitrogen and oxygen atoms in total. The molecule has 17 heavy (non-hydrogen) atoms. The van der Waals surface area contributed by atoms with Crippen LogP contribution >= 0.6 is 0 Å². The third-order valence-corrected chi connectivity index (χ3v) is 2.75. The monoisotopic (exact) mass is 226 g/mol. The largest absolute Gasteiger partial charge is 0.506 e. The summed E-state index contributed by atoms with van der Waals surface area (Å²) in [6.07, 6.45) is 3.07. The van der Waals surface area contributed by atoms with Crippen molar-refractivity contribution in [1.82, 2.24) is 9.97 Å². The van der Waals surface area contributed by atoms with Gasteiger partial charge in [-0.2, -0.15) is 0 Å². The highest BCUT2D eigenvalue weighted by Gasteiger charge is 2.11. The van der Waals surface area contributed by atoms with E-state index < -0.39 is 0 Å². The Kier molecular flexibility index (Phi) is 2.08. The van der Waals surface area contributed by atoms with E-state index in [0.717, 1.165) is 16.3 Å². The number of aromatic nitrogens is 2. The summed E-state index contributed by atoms with van der Waals surface area (Å²) in [7, 11) is 1.56. The number of rotatable bonds is 1. The Balaban J connectivity index is 2.62. The lowest BCUT2D eigenvalue weighted by atomic mass is 10.1. The minimum absolute atomic E-state index is 0.138. The molecule has 0 amide bonds. The van der Waals surface area contributed by atoms with Crippen molar-refractivity contribution in [3.05, 3.63) is 36.7 Å². The van der Waals surface area contributed by atoms with Crippen molar-refractivity contribution < 1.29 is 9.84 Å². The molecule has 0 atom stereocenters. The number of ether oxygens (including phenoxy) is 1. The number of methoxy groups -OCH3 is 1. The molecule has 2 aromatic heterocycles. The van der Waals surface area contributed by atoms with Gasteiger partial charge in [0, 0.05) is 17.0 Å². The molecule has 0 aliphatic heterocycles. The van der Waals surface area contributed by atoms with Gasteiger partial charge < -0.3 is 9.84 Å². The molecule has 84 valence electrons. The Morgan fingerprint density at radius 1 is 1.12 bits per heavy atom. The second-order valence-corrected chi connectivity index (χ2v) is 3.72. The molecular formula is C13H10N2O2.